The molecule has 0 amide bonds. The van der Waals surface area contributed by atoms with Gasteiger partial charge in [-0.3, -0.25) is 4.99 Å². The summed E-state index contributed by atoms with van der Waals surface area (Å²) in [5.41, 5.74) is 1.86. The highest BCUT2D eigenvalue weighted by molar-refractivity contribution is 6.02. The number of aromatic amines is 1. The van der Waals surface area contributed by atoms with E-state index in [0.717, 1.165) is 0 Å². The topological polar surface area (TPSA) is 70.1 Å². The number of aromatic nitrogens is 1. The van der Waals surface area contributed by atoms with Crippen LogP contribution in [0.2, 0.25) is 0 Å². The number of halogens is 2. The molecule has 2 fully saturated rings. The molecule has 3 heterocycles. The van der Waals surface area contributed by atoms with Crippen LogP contribution in [-0.4, -0.2) is 48.4 Å². The molecule has 2 aromatic carbocycles. The summed E-state index contributed by atoms with van der Waals surface area (Å²) >= 11 is 0. The van der Waals surface area contributed by atoms with Crippen LogP contribution in [0.5, 0.6) is 5.88 Å². The van der Waals surface area contributed by atoms with Crippen molar-refractivity contribution in [3.05, 3.63) is 53.6 Å². The van der Waals surface area contributed by atoms with E-state index in [4.69, 9.17) is 9.47 Å². The summed E-state index contributed by atoms with van der Waals surface area (Å²) in [4.78, 5) is 9.02. The standard InChI is InChI=1S/C22H21F2N3O3/c23-14-1-3-19-16(11-14)17(21(28)26-19)13-25-15-2-4-20(18(24)12-15)27-7-5-22(6-8-27)29-9-10-30-22/h1-4,11-13,26,28H,5-10H2. The Balaban J connectivity index is 1.34. The van der Waals surface area contributed by atoms with Crippen LogP contribution in [0.3, 0.4) is 0 Å². The van der Waals surface area contributed by atoms with E-state index < -0.39 is 11.6 Å². The molecule has 0 atom stereocenters. The van der Waals surface area contributed by atoms with Crippen LogP contribution in [0.4, 0.5) is 20.2 Å². The zero-order valence-electron chi connectivity index (χ0n) is 16.2. The number of nitrogens with one attached hydrogen (secondary N) is 1. The molecule has 1 spiro atoms. The van der Waals surface area contributed by atoms with Gasteiger partial charge in [-0.15, -0.1) is 0 Å². The van der Waals surface area contributed by atoms with Gasteiger partial charge in [0.1, 0.15) is 11.6 Å². The van der Waals surface area contributed by atoms with Gasteiger partial charge in [-0.25, -0.2) is 8.78 Å². The summed E-state index contributed by atoms with van der Waals surface area (Å²) in [5, 5.41) is 10.6. The SMILES string of the molecule is Oc1[nH]c2ccc(F)cc2c1C=Nc1ccc(N2CCC3(CC2)OCCO3)c(F)c1. The summed E-state index contributed by atoms with van der Waals surface area (Å²) < 4.78 is 39.8. The van der Waals surface area contributed by atoms with Crippen LogP contribution in [0.15, 0.2) is 41.4 Å². The maximum Gasteiger partial charge on any atom is 0.198 e. The average Bonchev–Trinajstić information content (AvgIpc) is 3.31. The van der Waals surface area contributed by atoms with Gasteiger partial charge in [0.15, 0.2) is 11.7 Å². The number of rotatable bonds is 3. The lowest BCUT2D eigenvalue weighted by Gasteiger charge is -2.38. The minimum Gasteiger partial charge on any atom is -0.494 e. The van der Waals surface area contributed by atoms with Gasteiger partial charge >= 0.3 is 0 Å². The predicted molar refractivity (Wildman–Crippen MR) is 110 cm³/mol. The van der Waals surface area contributed by atoms with Gasteiger partial charge in [-0.1, -0.05) is 0 Å². The third-order valence-corrected chi connectivity index (χ3v) is 5.73. The van der Waals surface area contributed by atoms with Crippen LogP contribution in [0.25, 0.3) is 10.9 Å². The molecule has 3 aromatic rings. The molecule has 0 aliphatic carbocycles. The normalized spacial score (nSPS) is 18.8. The Hall–Kier alpha value is -2.97. The molecule has 0 radical (unpaired) electrons. The van der Waals surface area contributed by atoms with Crippen molar-refractivity contribution in [2.45, 2.75) is 18.6 Å². The molecular weight excluding hydrogens is 392 g/mol. The number of aromatic hydroxyl groups is 1. The summed E-state index contributed by atoms with van der Waals surface area (Å²) in [6.45, 7) is 2.52. The van der Waals surface area contributed by atoms with E-state index in [-0.39, 0.29) is 11.7 Å². The molecule has 2 N–H and O–H groups in total. The third-order valence-electron chi connectivity index (χ3n) is 5.73. The predicted octanol–water partition coefficient (Wildman–Crippen LogP) is 4.25. The van der Waals surface area contributed by atoms with Crippen molar-refractivity contribution in [1.82, 2.24) is 4.98 Å². The number of fused-ring (bicyclic) bond motifs is 1. The minimum absolute atomic E-state index is 0.116. The van der Waals surface area contributed by atoms with E-state index in [2.05, 4.69) is 9.98 Å². The molecule has 2 aliphatic heterocycles. The summed E-state index contributed by atoms with van der Waals surface area (Å²) in [7, 11) is 0. The quantitative estimate of drug-likeness (QED) is 0.630. The fourth-order valence-electron chi connectivity index (χ4n) is 4.15. The van der Waals surface area contributed by atoms with E-state index >= 15 is 0 Å². The molecule has 0 unspecified atom stereocenters. The first-order valence-electron chi connectivity index (χ1n) is 9.90. The van der Waals surface area contributed by atoms with E-state index in [1.807, 2.05) is 4.90 Å². The second-order valence-electron chi connectivity index (χ2n) is 7.57. The largest absolute Gasteiger partial charge is 0.494 e. The molecular formula is C22H21F2N3O3. The lowest BCUT2D eigenvalue weighted by molar-refractivity contribution is -0.169. The van der Waals surface area contributed by atoms with Crippen LogP contribution in [-0.2, 0) is 9.47 Å². The van der Waals surface area contributed by atoms with Gasteiger partial charge < -0.3 is 24.5 Å². The Morgan fingerprint density at radius 3 is 2.57 bits per heavy atom. The van der Waals surface area contributed by atoms with Crippen LogP contribution >= 0.6 is 0 Å². The van der Waals surface area contributed by atoms with Crippen LogP contribution in [0, 0.1) is 11.6 Å². The number of nitrogens with zero attached hydrogens (tertiary/aromatic N) is 2. The van der Waals surface area contributed by atoms with Crippen molar-refractivity contribution in [3.8, 4) is 5.88 Å². The monoisotopic (exact) mass is 413 g/mol. The molecule has 5 rings (SSSR count). The van der Waals surface area contributed by atoms with Gasteiger partial charge in [0.2, 0.25) is 0 Å². The average molecular weight is 413 g/mol. The highest BCUT2D eigenvalue weighted by Gasteiger charge is 2.40. The molecule has 1 aromatic heterocycles. The third kappa shape index (κ3) is 3.42. The van der Waals surface area contributed by atoms with Gasteiger partial charge in [-0.2, -0.15) is 0 Å². The number of anilines is 1. The second-order valence-corrected chi connectivity index (χ2v) is 7.57. The van der Waals surface area contributed by atoms with Crippen molar-refractivity contribution >= 4 is 28.5 Å². The van der Waals surface area contributed by atoms with Crippen molar-refractivity contribution in [2.24, 2.45) is 4.99 Å². The molecule has 2 aliphatic rings. The molecule has 0 saturated carbocycles. The lowest BCUT2D eigenvalue weighted by Crippen LogP contribution is -2.45. The number of hydrogen-bond acceptors (Lipinski definition) is 5. The first-order valence-corrected chi connectivity index (χ1v) is 9.90. The van der Waals surface area contributed by atoms with E-state index in [0.29, 0.717) is 67.0 Å². The van der Waals surface area contributed by atoms with Crippen molar-refractivity contribution in [2.75, 3.05) is 31.2 Å². The highest BCUT2D eigenvalue weighted by atomic mass is 19.1. The fourth-order valence-corrected chi connectivity index (χ4v) is 4.15. The Bertz CT molecular complexity index is 1110. The van der Waals surface area contributed by atoms with E-state index in [1.54, 1.807) is 18.2 Å². The smallest absolute Gasteiger partial charge is 0.198 e. The number of benzene rings is 2. The number of aliphatic imine (C=N–C) groups is 1. The molecule has 0 bridgehead atoms. The molecule has 2 saturated heterocycles. The minimum atomic E-state index is -0.502. The van der Waals surface area contributed by atoms with Crippen molar-refractivity contribution in [1.29, 1.82) is 0 Å². The first-order chi connectivity index (χ1) is 14.5. The maximum atomic E-state index is 14.8. The molecule has 8 heteroatoms. The second kappa shape index (κ2) is 7.37. The zero-order chi connectivity index (χ0) is 20.7. The number of hydrogen-bond donors (Lipinski definition) is 2. The number of H-pyrrole nitrogens is 1. The maximum absolute atomic E-state index is 14.8. The Labute approximate surface area is 171 Å². The van der Waals surface area contributed by atoms with E-state index in [1.165, 1.54) is 24.4 Å². The number of ether oxygens (including phenoxy) is 2. The Kier molecular flexibility index (Phi) is 4.67. The Morgan fingerprint density at radius 1 is 1.07 bits per heavy atom. The highest BCUT2D eigenvalue weighted by Crippen LogP contribution is 2.35. The fraction of sp³-hybridized carbons (Fsp3) is 0.318. The van der Waals surface area contributed by atoms with Gasteiger partial charge in [0.25, 0.3) is 0 Å². The zero-order valence-corrected chi connectivity index (χ0v) is 16.2. The summed E-state index contributed by atoms with van der Waals surface area (Å²) in [5.74, 6) is -1.40. The van der Waals surface area contributed by atoms with Crippen molar-refractivity contribution in [3.63, 3.8) is 0 Å². The van der Waals surface area contributed by atoms with Gasteiger partial charge in [-0.05, 0) is 30.3 Å². The summed E-state index contributed by atoms with van der Waals surface area (Å²) in [6.07, 6.45) is 2.80. The molecule has 6 nitrogen and oxygen atoms in total. The van der Waals surface area contributed by atoms with Gasteiger partial charge in [0.05, 0.1) is 30.2 Å². The summed E-state index contributed by atoms with van der Waals surface area (Å²) in [6, 6.07) is 8.93. The first kappa shape index (κ1) is 19.0. The Morgan fingerprint density at radius 2 is 1.83 bits per heavy atom. The molecule has 30 heavy (non-hydrogen) atoms. The van der Waals surface area contributed by atoms with Crippen LogP contribution < -0.4 is 4.90 Å². The van der Waals surface area contributed by atoms with Gasteiger partial charge in [0, 0.05) is 49.1 Å². The molecule has 156 valence electrons. The van der Waals surface area contributed by atoms with Crippen LogP contribution in [0.1, 0.15) is 18.4 Å². The lowest BCUT2D eigenvalue weighted by atomic mass is 10.0. The van der Waals surface area contributed by atoms with Crippen molar-refractivity contribution < 1.29 is 23.4 Å². The van der Waals surface area contributed by atoms with E-state index in [9.17, 15) is 13.9 Å². The number of piperidine rings is 1.